The van der Waals surface area contributed by atoms with Gasteiger partial charge in [0, 0.05) is 63.1 Å². The van der Waals surface area contributed by atoms with Gasteiger partial charge in [-0.2, -0.15) is 5.10 Å². The smallest absolute Gasteiger partial charge is 0.225 e. The van der Waals surface area contributed by atoms with Crippen LogP contribution in [-0.4, -0.2) is 52.0 Å². The average molecular weight is 327 g/mol. The van der Waals surface area contributed by atoms with Crippen molar-refractivity contribution < 1.29 is 0 Å². The minimum absolute atomic E-state index is 0.589. The molecule has 4 heterocycles. The van der Waals surface area contributed by atoms with E-state index < -0.39 is 0 Å². The van der Waals surface area contributed by atoms with Gasteiger partial charge in [-0.3, -0.25) is 0 Å². The molecule has 1 fully saturated rings. The van der Waals surface area contributed by atoms with Crippen LogP contribution in [0.4, 0.5) is 11.8 Å². The molecule has 7 heteroatoms. The van der Waals surface area contributed by atoms with Crippen LogP contribution in [0.2, 0.25) is 0 Å². The van der Waals surface area contributed by atoms with Gasteiger partial charge in [0.05, 0.1) is 5.69 Å². The molecule has 2 aromatic rings. The van der Waals surface area contributed by atoms with Gasteiger partial charge in [0.15, 0.2) is 0 Å². The molecule has 2 aliphatic heterocycles. The summed E-state index contributed by atoms with van der Waals surface area (Å²) >= 11 is 0. The zero-order valence-corrected chi connectivity index (χ0v) is 14.1. The lowest BCUT2D eigenvalue weighted by Gasteiger charge is -2.34. The van der Waals surface area contributed by atoms with E-state index in [1.165, 1.54) is 0 Å². The number of piperidine rings is 1. The Bertz CT molecular complexity index is 661. The lowest BCUT2D eigenvalue weighted by molar-refractivity contribution is 0.341. The molecule has 2 N–H and O–H groups in total. The fourth-order valence-corrected chi connectivity index (χ4v) is 3.59. The largest absolute Gasteiger partial charge is 0.370 e. The van der Waals surface area contributed by atoms with Crippen LogP contribution in [0.15, 0.2) is 24.5 Å². The van der Waals surface area contributed by atoms with Crippen molar-refractivity contribution in [1.82, 2.24) is 25.1 Å². The molecule has 0 radical (unpaired) electrons. The van der Waals surface area contributed by atoms with Crippen molar-refractivity contribution in [2.75, 3.05) is 36.4 Å². The molecule has 1 unspecified atom stereocenters. The van der Waals surface area contributed by atoms with Crippen molar-refractivity contribution in [3.8, 4) is 0 Å². The molecule has 0 spiro atoms. The van der Waals surface area contributed by atoms with E-state index >= 15 is 0 Å². The Morgan fingerprint density at radius 2 is 2.04 bits per heavy atom. The van der Waals surface area contributed by atoms with Crippen LogP contribution in [-0.2, 0) is 6.54 Å². The molecule has 0 aromatic carbocycles. The minimum Gasteiger partial charge on any atom is -0.370 e. The third-order valence-corrected chi connectivity index (χ3v) is 4.93. The van der Waals surface area contributed by atoms with Crippen LogP contribution >= 0.6 is 0 Å². The van der Waals surface area contributed by atoms with Crippen molar-refractivity contribution in [3.63, 3.8) is 0 Å². The number of hydrogen-bond donors (Lipinski definition) is 2. The average Bonchev–Trinajstić information content (AvgIpc) is 3.00. The first-order valence-corrected chi connectivity index (χ1v) is 8.81. The first-order valence-electron chi connectivity index (χ1n) is 8.81. The van der Waals surface area contributed by atoms with Gasteiger partial charge in [-0.1, -0.05) is 0 Å². The SMILES string of the molecule is Cc1cc2n(n1)CC(CNC1CCN(c3ncccn3)CC1)CN2. The zero-order valence-electron chi connectivity index (χ0n) is 14.1. The molecule has 0 aliphatic carbocycles. The van der Waals surface area contributed by atoms with Crippen LogP contribution in [0, 0.1) is 12.8 Å². The molecule has 2 aromatic heterocycles. The summed E-state index contributed by atoms with van der Waals surface area (Å²) in [5.41, 5.74) is 1.08. The first-order chi connectivity index (χ1) is 11.8. The highest BCUT2D eigenvalue weighted by atomic mass is 15.3. The fourth-order valence-electron chi connectivity index (χ4n) is 3.59. The second kappa shape index (κ2) is 6.76. The van der Waals surface area contributed by atoms with Crippen molar-refractivity contribution >= 4 is 11.8 Å². The van der Waals surface area contributed by atoms with E-state index in [2.05, 4.69) is 41.3 Å². The minimum atomic E-state index is 0.589. The normalized spacial score (nSPS) is 21.4. The molecule has 128 valence electrons. The number of nitrogens with zero attached hydrogens (tertiary/aromatic N) is 5. The Balaban J connectivity index is 1.24. The first kappa shape index (κ1) is 15.4. The molecule has 0 saturated carbocycles. The highest BCUT2D eigenvalue weighted by Crippen LogP contribution is 2.19. The van der Waals surface area contributed by atoms with Gasteiger partial charge in [-0.05, 0) is 25.8 Å². The van der Waals surface area contributed by atoms with E-state index in [-0.39, 0.29) is 0 Å². The Kier molecular flexibility index (Phi) is 4.34. The van der Waals surface area contributed by atoms with E-state index in [0.717, 1.165) is 63.0 Å². The van der Waals surface area contributed by atoms with Crippen LogP contribution in [0.25, 0.3) is 0 Å². The van der Waals surface area contributed by atoms with Crippen molar-refractivity contribution in [2.45, 2.75) is 32.4 Å². The summed E-state index contributed by atoms with van der Waals surface area (Å²) in [7, 11) is 0. The Labute approximate surface area is 142 Å². The summed E-state index contributed by atoms with van der Waals surface area (Å²) in [4.78, 5) is 11.0. The molecular formula is C17H25N7. The summed E-state index contributed by atoms with van der Waals surface area (Å²) < 4.78 is 2.10. The third-order valence-electron chi connectivity index (χ3n) is 4.93. The molecule has 1 saturated heterocycles. The molecule has 4 rings (SSSR count). The number of fused-ring (bicyclic) bond motifs is 1. The van der Waals surface area contributed by atoms with Crippen LogP contribution in [0.1, 0.15) is 18.5 Å². The third kappa shape index (κ3) is 3.36. The van der Waals surface area contributed by atoms with Crippen molar-refractivity contribution in [2.24, 2.45) is 5.92 Å². The van der Waals surface area contributed by atoms with Gasteiger partial charge in [0.25, 0.3) is 0 Å². The summed E-state index contributed by atoms with van der Waals surface area (Å²) in [6.45, 7) is 7.15. The highest BCUT2D eigenvalue weighted by Gasteiger charge is 2.23. The summed E-state index contributed by atoms with van der Waals surface area (Å²) in [6.07, 6.45) is 5.91. The Morgan fingerprint density at radius 1 is 1.25 bits per heavy atom. The number of nitrogens with one attached hydrogen (secondary N) is 2. The monoisotopic (exact) mass is 327 g/mol. The topological polar surface area (TPSA) is 70.9 Å². The van der Waals surface area contributed by atoms with Gasteiger partial charge in [0.1, 0.15) is 5.82 Å². The van der Waals surface area contributed by atoms with E-state index in [4.69, 9.17) is 0 Å². The second-order valence-electron chi connectivity index (χ2n) is 6.82. The lowest BCUT2D eigenvalue weighted by atomic mass is 10.0. The maximum atomic E-state index is 4.55. The molecular weight excluding hydrogens is 302 g/mol. The number of anilines is 2. The summed E-state index contributed by atoms with van der Waals surface area (Å²) in [6, 6.07) is 4.57. The molecule has 0 amide bonds. The molecule has 1 atom stereocenters. The van der Waals surface area contributed by atoms with Crippen LogP contribution in [0.5, 0.6) is 0 Å². The highest BCUT2D eigenvalue weighted by molar-refractivity contribution is 5.38. The number of hydrogen-bond acceptors (Lipinski definition) is 6. The van der Waals surface area contributed by atoms with Crippen molar-refractivity contribution in [3.05, 3.63) is 30.2 Å². The Hall–Kier alpha value is -2.15. The summed E-state index contributed by atoms with van der Waals surface area (Å²) in [5, 5.41) is 11.8. The number of aromatic nitrogens is 4. The van der Waals surface area contributed by atoms with Gasteiger partial charge in [0.2, 0.25) is 5.95 Å². The maximum Gasteiger partial charge on any atom is 0.225 e. The zero-order chi connectivity index (χ0) is 16.4. The van der Waals surface area contributed by atoms with Gasteiger partial charge in [-0.25, -0.2) is 14.6 Å². The molecule has 2 aliphatic rings. The second-order valence-corrected chi connectivity index (χ2v) is 6.82. The van der Waals surface area contributed by atoms with Gasteiger partial charge < -0.3 is 15.5 Å². The van der Waals surface area contributed by atoms with E-state index in [0.29, 0.717) is 12.0 Å². The van der Waals surface area contributed by atoms with E-state index in [1.54, 1.807) is 0 Å². The standard InChI is InChI=1S/C17H25N7/c1-13-9-16-21-11-14(12-24(16)22-13)10-20-15-3-7-23(8-4-15)17-18-5-2-6-19-17/h2,5-6,9,14-15,20-21H,3-4,7-8,10-12H2,1H3. The lowest BCUT2D eigenvalue weighted by Crippen LogP contribution is -2.46. The predicted molar refractivity (Wildman–Crippen MR) is 94.2 cm³/mol. The Morgan fingerprint density at radius 3 is 2.83 bits per heavy atom. The quantitative estimate of drug-likeness (QED) is 0.882. The van der Waals surface area contributed by atoms with E-state index in [9.17, 15) is 0 Å². The molecule has 24 heavy (non-hydrogen) atoms. The van der Waals surface area contributed by atoms with Crippen LogP contribution < -0.4 is 15.5 Å². The number of aryl methyl sites for hydroxylation is 1. The fraction of sp³-hybridized carbons (Fsp3) is 0.588. The molecule has 0 bridgehead atoms. The van der Waals surface area contributed by atoms with Gasteiger partial charge in [-0.15, -0.1) is 0 Å². The molecule has 7 nitrogen and oxygen atoms in total. The predicted octanol–water partition coefficient (Wildman–Crippen LogP) is 1.28. The van der Waals surface area contributed by atoms with E-state index in [1.807, 2.05) is 25.4 Å². The number of rotatable bonds is 4. The van der Waals surface area contributed by atoms with Crippen LogP contribution in [0.3, 0.4) is 0 Å². The maximum absolute atomic E-state index is 4.55. The summed E-state index contributed by atoms with van der Waals surface area (Å²) in [5.74, 6) is 2.60. The van der Waals surface area contributed by atoms with Gasteiger partial charge >= 0.3 is 0 Å². The van der Waals surface area contributed by atoms with Crippen molar-refractivity contribution in [1.29, 1.82) is 0 Å².